The number of amides is 3. The van der Waals surface area contributed by atoms with Gasteiger partial charge in [-0.25, -0.2) is 13.8 Å². The van der Waals surface area contributed by atoms with E-state index < -0.39 is 53.1 Å². The number of hydrogen-bond acceptors (Lipinski definition) is 11. The molecule has 352 valence electrons. The molecule has 0 aliphatic carbocycles. The molecule has 10 rings (SSSR count). The second kappa shape index (κ2) is 17.9. The molecule has 0 spiro atoms. The molecule has 0 saturated carbocycles. The topological polar surface area (TPSA) is 147 Å². The molecule has 4 aromatic carbocycles. The molecule has 5 aromatic rings. The van der Waals surface area contributed by atoms with Gasteiger partial charge in [0.25, 0.3) is 11.5 Å². The molecule has 6 heterocycles. The fourth-order valence-corrected chi connectivity index (χ4v) is 10.3. The van der Waals surface area contributed by atoms with Crippen LogP contribution in [0.5, 0.6) is 11.5 Å². The van der Waals surface area contributed by atoms with Crippen molar-refractivity contribution >= 4 is 45.7 Å². The number of piperidine rings is 2. The summed E-state index contributed by atoms with van der Waals surface area (Å²) in [5, 5.41) is 12.4. The number of piperazine rings is 1. The second-order valence-corrected chi connectivity index (χ2v) is 18.1. The summed E-state index contributed by atoms with van der Waals surface area (Å²) >= 11 is 0. The molecule has 0 bridgehead atoms. The number of rotatable bonds is 9. The summed E-state index contributed by atoms with van der Waals surface area (Å²) in [6.07, 6.45) is -2.43. The summed E-state index contributed by atoms with van der Waals surface area (Å²) in [6.45, 7) is 5.50. The number of hydrogen-bond donors (Lipinski definition) is 1. The molecule has 5 aliphatic rings. The average Bonchev–Trinajstić information content (AvgIpc) is 3.91. The smallest absolute Gasteiger partial charge is 0.417 e. The van der Waals surface area contributed by atoms with Crippen LogP contribution in [0.15, 0.2) is 77.9 Å². The van der Waals surface area contributed by atoms with E-state index in [0.717, 1.165) is 62.2 Å². The average molecular weight is 936 g/mol. The number of fused-ring (bicyclic) bond motifs is 2. The van der Waals surface area contributed by atoms with Gasteiger partial charge in [0, 0.05) is 83.2 Å². The molecular weight excluding hydrogens is 890 g/mol. The Morgan fingerprint density at radius 2 is 1.53 bits per heavy atom. The minimum Gasteiger partial charge on any atom is -0.453 e. The monoisotopic (exact) mass is 935 g/mol. The van der Waals surface area contributed by atoms with E-state index in [1.807, 2.05) is 35.2 Å². The van der Waals surface area contributed by atoms with Crippen molar-refractivity contribution in [2.45, 2.75) is 57.0 Å². The number of nitrogens with one attached hydrogen (secondary N) is 1. The molecule has 4 fully saturated rings. The molecule has 4 saturated heterocycles. The maximum atomic E-state index is 15.1. The third-order valence-electron chi connectivity index (χ3n) is 13.9. The van der Waals surface area contributed by atoms with Gasteiger partial charge in [-0.15, -0.1) is 0 Å². The largest absolute Gasteiger partial charge is 0.453 e. The number of anilines is 3. The van der Waals surface area contributed by atoms with E-state index in [4.69, 9.17) is 4.74 Å². The van der Waals surface area contributed by atoms with E-state index in [1.165, 1.54) is 29.1 Å². The fraction of sp³-hybridized carbons (Fsp3) is 0.388. The Balaban J connectivity index is 0.749. The molecular formula is C49H46F5N9O5. The normalized spacial score (nSPS) is 20.6. The second-order valence-electron chi connectivity index (χ2n) is 18.1. The highest BCUT2D eigenvalue weighted by Gasteiger charge is 2.45. The molecule has 1 aromatic heterocycles. The Morgan fingerprint density at radius 1 is 0.809 bits per heavy atom. The standard InChI is InChI=1S/C49H46F5N9O5/c50-31-13-16-61(27-31)41-8-6-39(51)45(37(41)24-55)68-35-5-7-40-36(23-35)47(66)63(28-56-40)33-3-1-32(2-4-33)60-19-17-58(18-20-60)25-29-11-14-59(15-12-29)34-21-30-26-62(42-9-10-43(64)57-46(42)65)48(67)44(30)38(22-34)49(52,53)54/h1-8,21-23,28-29,31,42H,9-20,25-27H2,(H,57,64,65)/t31-,42?/m1/s1. The van der Waals surface area contributed by atoms with Gasteiger partial charge >= 0.3 is 6.18 Å². The Kier molecular flexibility index (Phi) is 11.8. The van der Waals surface area contributed by atoms with E-state index in [0.29, 0.717) is 54.6 Å². The highest BCUT2D eigenvalue weighted by atomic mass is 19.4. The SMILES string of the molecule is N#Cc1c(N2CC[C@@H](F)C2)ccc(F)c1Oc1ccc2ncn(-c3ccc(N4CCN(CC5CCN(c6cc7c(c(C(F)(F)F)c6)C(=O)N(C6CCC(=O)NC6=O)C7)CC5)CC4)cc3)c(=O)c2c1. The van der Waals surface area contributed by atoms with Gasteiger partial charge in [-0.05, 0) is 104 Å². The van der Waals surface area contributed by atoms with Crippen LogP contribution in [-0.4, -0.2) is 108 Å². The van der Waals surface area contributed by atoms with E-state index in [1.54, 1.807) is 23.1 Å². The minimum absolute atomic E-state index is 0.00685. The van der Waals surface area contributed by atoms with Crippen LogP contribution in [0.2, 0.25) is 0 Å². The summed E-state index contributed by atoms with van der Waals surface area (Å²) in [5.74, 6) is -2.59. The van der Waals surface area contributed by atoms with Crippen molar-refractivity contribution in [1.29, 1.82) is 5.26 Å². The zero-order chi connectivity index (χ0) is 47.4. The minimum atomic E-state index is -4.78. The van der Waals surface area contributed by atoms with Crippen LogP contribution in [0, 0.1) is 23.1 Å². The lowest BCUT2D eigenvalue weighted by Crippen LogP contribution is -2.52. The number of alkyl halides is 4. The Labute approximate surface area is 387 Å². The number of carbonyl (C=O) groups is 3. The summed E-state index contributed by atoms with van der Waals surface area (Å²) < 4.78 is 79.8. The first-order chi connectivity index (χ1) is 32.7. The van der Waals surface area contributed by atoms with Crippen molar-refractivity contribution < 1.29 is 41.1 Å². The molecule has 19 heteroatoms. The quantitative estimate of drug-likeness (QED) is 0.127. The molecule has 2 atom stereocenters. The lowest BCUT2D eigenvalue weighted by atomic mass is 9.94. The first kappa shape index (κ1) is 44.7. The molecule has 14 nitrogen and oxygen atoms in total. The highest BCUT2D eigenvalue weighted by Crippen LogP contribution is 2.42. The highest BCUT2D eigenvalue weighted by molar-refractivity contribution is 6.06. The van der Waals surface area contributed by atoms with Crippen LogP contribution in [0.25, 0.3) is 16.6 Å². The van der Waals surface area contributed by atoms with Crippen molar-refractivity contribution in [3.63, 3.8) is 0 Å². The maximum absolute atomic E-state index is 15.1. The Morgan fingerprint density at radius 3 is 2.22 bits per heavy atom. The lowest BCUT2D eigenvalue weighted by molar-refractivity contribution is -0.138. The van der Waals surface area contributed by atoms with E-state index in [9.17, 15) is 42.0 Å². The summed E-state index contributed by atoms with van der Waals surface area (Å²) in [6, 6.07) is 18.5. The van der Waals surface area contributed by atoms with Gasteiger partial charge in [0.1, 0.15) is 35.9 Å². The number of halogens is 5. The van der Waals surface area contributed by atoms with Crippen molar-refractivity contribution in [2.24, 2.45) is 5.92 Å². The first-order valence-electron chi connectivity index (χ1n) is 22.7. The van der Waals surface area contributed by atoms with Crippen LogP contribution in [0.4, 0.5) is 39.0 Å². The maximum Gasteiger partial charge on any atom is 0.417 e. The zero-order valence-corrected chi connectivity index (χ0v) is 36.8. The fourth-order valence-electron chi connectivity index (χ4n) is 10.3. The first-order valence-corrected chi connectivity index (χ1v) is 22.7. The van der Waals surface area contributed by atoms with Crippen molar-refractivity contribution in [3.8, 4) is 23.3 Å². The number of nitrogens with zero attached hydrogens (tertiary/aromatic N) is 8. The van der Waals surface area contributed by atoms with Gasteiger partial charge in [0.2, 0.25) is 11.8 Å². The van der Waals surface area contributed by atoms with Crippen LogP contribution in [0.1, 0.15) is 59.2 Å². The molecule has 1 unspecified atom stereocenters. The number of nitriles is 1. The van der Waals surface area contributed by atoms with Crippen molar-refractivity contribution in [2.75, 3.05) is 73.6 Å². The lowest BCUT2D eigenvalue weighted by Gasteiger charge is -2.40. The third-order valence-corrected chi connectivity index (χ3v) is 13.9. The van der Waals surface area contributed by atoms with Gasteiger partial charge in [0.05, 0.1) is 33.4 Å². The van der Waals surface area contributed by atoms with Gasteiger partial charge in [-0.2, -0.15) is 18.4 Å². The predicted molar refractivity (Wildman–Crippen MR) is 241 cm³/mol. The van der Waals surface area contributed by atoms with Crippen LogP contribution in [0.3, 0.4) is 0 Å². The Bertz CT molecular complexity index is 2920. The number of imide groups is 1. The number of benzene rings is 4. The van der Waals surface area contributed by atoms with Crippen LogP contribution >= 0.6 is 0 Å². The van der Waals surface area contributed by atoms with Crippen LogP contribution in [-0.2, 0) is 22.3 Å². The predicted octanol–water partition coefficient (Wildman–Crippen LogP) is 6.56. The summed E-state index contributed by atoms with van der Waals surface area (Å²) in [5.41, 5.74) is 1.12. The number of aromatic nitrogens is 2. The van der Waals surface area contributed by atoms with E-state index >= 15 is 4.39 Å². The summed E-state index contributed by atoms with van der Waals surface area (Å²) in [7, 11) is 0. The van der Waals surface area contributed by atoms with Crippen molar-refractivity contribution in [1.82, 2.24) is 24.7 Å². The molecule has 1 N–H and O–H groups in total. The number of carbonyl (C=O) groups excluding carboxylic acids is 3. The van der Waals surface area contributed by atoms with Crippen molar-refractivity contribution in [3.05, 3.63) is 111 Å². The number of ether oxygens (including phenoxy) is 1. The van der Waals surface area contributed by atoms with E-state index in [-0.39, 0.29) is 59.5 Å². The molecule has 0 radical (unpaired) electrons. The molecule has 3 amide bonds. The van der Waals surface area contributed by atoms with Gasteiger partial charge in [-0.1, -0.05) is 0 Å². The van der Waals surface area contributed by atoms with Crippen LogP contribution < -0.4 is 30.3 Å². The Hall–Kier alpha value is -7.07. The van der Waals surface area contributed by atoms with Gasteiger partial charge in [0.15, 0.2) is 11.6 Å². The molecule has 5 aliphatic heterocycles. The molecule has 68 heavy (non-hydrogen) atoms. The third kappa shape index (κ3) is 8.57. The zero-order valence-electron chi connectivity index (χ0n) is 36.8. The van der Waals surface area contributed by atoms with E-state index in [2.05, 4.69) is 20.1 Å². The van der Waals surface area contributed by atoms with Gasteiger partial charge < -0.3 is 24.3 Å². The van der Waals surface area contributed by atoms with Gasteiger partial charge in [-0.3, -0.25) is 34.0 Å². The summed E-state index contributed by atoms with van der Waals surface area (Å²) in [4.78, 5) is 65.3.